The van der Waals surface area contributed by atoms with Crippen LogP contribution < -0.4 is 5.32 Å². The number of carbonyl (C=O) groups excluding carboxylic acids is 1. The quantitative estimate of drug-likeness (QED) is 0.719. The third-order valence-electron chi connectivity index (χ3n) is 4.72. The van der Waals surface area contributed by atoms with Gasteiger partial charge in [0.15, 0.2) is 0 Å². The lowest BCUT2D eigenvalue weighted by Crippen LogP contribution is -2.41. The van der Waals surface area contributed by atoms with Gasteiger partial charge in [-0.1, -0.05) is 37.6 Å². The Labute approximate surface area is 145 Å². The predicted octanol–water partition coefficient (Wildman–Crippen LogP) is 5.02. The molecule has 2 atom stereocenters. The average molecular weight is 330 g/mol. The van der Waals surface area contributed by atoms with Gasteiger partial charge in [-0.25, -0.2) is 4.79 Å². The number of amides is 1. The molecule has 4 nitrogen and oxygen atoms in total. The minimum absolute atomic E-state index is 0.0348. The normalized spacial score (nSPS) is 22.8. The number of fused-ring (bicyclic) bond motifs is 1. The van der Waals surface area contributed by atoms with Crippen molar-refractivity contribution in [3.05, 3.63) is 35.4 Å². The van der Waals surface area contributed by atoms with E-state index in [4.69, 9.17) is 10.1 Å². The summed E-state index contributed by atoms with van der Waals surface area (Å²) in [5, 5.41) is 10.6. The Bertz CT molecular complexity index is 592. The molecule has 0 aromatic heterocycles. The Morgan fingerprint density at radius 3 is 2.71 bits per heavy atom. The lowest BCUT2D eigenvalue weighted by Gasteiger charge is -2.36. The molecule has 1 amide bonds. The second-order valence-electron chi connectivity index (χ2n) is 7.81. The number of hydrogen-bond acceptors (Lipinski definition) is 3. The molecule has 0 spiro atoms. The van der Waals surface area contributed by atoms with Crippen molar-refractivity contribution in [2.24, 2.45) is 5.41 Å². The van der Waals surface area contributed by atoms with Gasteiger partial charge in [-0.15, -0.1) is 0 Å². The maximum atomic E-state index is 12.4. The van der Waals surface area contributed by atoms with Crippen LogP contribution >= 0.6 is 0 Å². The molecule has 1 aliphatic rings. The van der Waals surface area contributed by atoms with Crippen LogP contribution in [0.2, 0.25) is 0 Å². The number of ether oxygens (including phenoxy) is 1. The minimum Gasteiger partial charge on any atom is -0.444 e. The lowest BCUT2D eigenvalue weighted by atomic mass is 9.73. The van der Waals surface area contributed by atoms with Crippen LogP contribution in [0, 0.1) is 10.8 Å². The van der Waals surface area contributed by atoms with Crippen LogP contribution in [-0.4, -0.2) is 17.9 Å². The SMILES string of the molecule is CCCC1(CCC=N)Cc2ccccc2[C@H]1NC(=O)OC(C)(C)C. The Balaban J connectivity index is 2.32. The largest absolute Gasteiger partial charge is 0.444 e. The van der Waals surface area contributed by atoms with Crippen molar-refractivity contribution < 1.29 is 9.53 Å². The zero-order valence-corrected chi connectivity index (χ0v) is 15.3. The molecule has 0 saturated heterocycles. The average Bonchev–Trinajstić information content (AvgIpc) is 2.78. The number of alkyl carbamates (subject to hydrolysis) is 1. The number of nitrogens with one attached hydrogen (secondary N) is 2. The second-order valence-corrected chi connectivity index (χ2v) is 7.81. The van der Waals surface area contributed by atoms with Gasteiger partial charge in [-0.3, -0.25) is 0 Å². The molecule has 1 aliphatic carbocycles. The molecule has 0 aliphatic heterocycles. The molecule has 2 rings (SSSR count). The van der Waals surface area contributed by atoms with Gasteiger partial charge in [0.25, 0.3) is 0 Å². The first-order chi connectivity index (χ1) is 11.3. The highest BCUT2D eigenvalue weighted by Gasteiger charge is 2.45. The van der Waals surface area contributed by atoms with Gasteiger partial charge >= 0.3 is 6.09 Å². The molecule has 132 valence electrons. The van der Waals surface area contributed by atoms with E-state index in [0.29, 0.717) is 0 Å². The van der Waals surface area contributed by atoms with Gasteiger partial charge in [0.2, 0.25) is 0 Å². The summed E-state index contributed by atoms with van der Waals surface area (Å²) in [5.74, 6) is 0. The van der Waals surface area contributed by atoms with E-state index in [9.17, 15) is 4.79 Å². The van der Waals surface area contributed by atoms with E-state index in [2.05, 4.69) is 30.4 Å². The third-order valence-corrected chi connectivity index (χ3v) is 4.72. The van der Waals surface area contributed by atoms with Crippen molar-refractivity contribution in [1.29, 1.82) is 5.41 Å². The van der Waals surface area contributed by atoms with Crippen molar-refractivity contribution in [3.8, 4) is 0 Å². The number of benzene rings is 1. The molecule has 1 aromatic rings. The smallest absolute Gasteiger partial charge is 0.408 e. The van der Waals surface area contributed by atoms with Crippen molar-refractivity contribution in [2.45, 2.75) is 71.4 Å². The monoisotopic (exact) mass is 330 g/mol. The van der Waals surface area contributed by atoms with Crippen molar-refractivity contribution in [2.75, 3.05) is 0 Å². The molecule has 0 fully saturated rings. The Morgan fingerprint density at radius 2 is 2.08 bits per heavy atom. The summed E-state index contributed by atoms with van der Waals surface area (Å²) in [6.45, 7) is 7.82. The highest BCUT2D eigenvalue weighted by Crippen LogP contribution is 2.51. The zero-order chi connectivity index (χ0) is 17.8. The highest BCUT2D eigenvalue weighted by molar-refractivity contribution is 5.69. The molecule has 24 heavy (non-hydrogen) atoms. The molecular weight excluding hydrogens is 300 g/mol. The van der Waals surface area contributed by atoms with Crippen LogP contribution in [0.3, 0.4) is 0 Å². The summed E-state index contributed by atoms with van der Waals surface area (Å²) in [6, 6.07) is 8.30. The van der Waals surface area contributed by atoms with Crippen molar-refractivity contribution in [3.63, 3.8) is 0 Å². The molecule has 1 unspecified atom stereocenters. The first kappa shape index (κ1) is 18.5. The highest BCUT2D eigenvalue weighted by atomic mass is 16.6. The van der Waals surface area contributed by atoms with Gasteiger partial charge in [-0.2, -0.15) is 0 Å². The summed E-state index contributed by atoms with van der Waals surface area (Å²) < 4.78 is 5.50. The summed E-state index contributed by atoms with van der Waals surface area (Å²) in [6.07, 6.45) is 5.78. The van der Waals surface area contributed by atoms with Crippen LogP contribution in [0.5, 0.6) is 0 Å². The Hall–Kier alpha value is -1.84. The van der Waals surface area contributed by atoms with Crippen LogP contribution in [0.4, 0.5) is 4.79 Å². The number of hydrogen-bond donors (Lipinski definition) is 2. The fourth-order valence-corrected chi connectivity index (χ4v) is 3.89. The van der Waals surface area contributed by atoms with Crippen LogP contribution in [0.15, 0.2) is 24.3 Å². The maximum absolute atomic E-state index is 12.4. The number of rotatable bonds is 6. The molecular formula is C20H30N2O2. The number of carbonyl (C=O) groups is 1. The zero-order valence-electron chi connectivity index (χ0n) is 15.3. The summed E-state index contributed by atoms with van der Waals surface area (Å²) in [7, 11) is 0. The van der Waals surface area contributed by atoms with Gasteiger partial charge in [0.05, 0.1) is 6.04 Å². The minimum atomic E-state index is -0.509. The third kappa shape index (κ3) is 4.16. The molecule has 0 bridgehead atoms. The van der Waals surface area contributed by atoms with Gasteiger partial charge in [0, 0.05) is 0 Å². The van der Waals surface area contributed by atoms with E-state index in [1.807, 2.05) is 26.8 Å². The molecule has 2 N–H and O–H groups in total. The summed E-state index contributed by atoms with van der Waals surface area (Å²) in [5.41, 5.74) is 1.95. The Kier molecular flexibility index (Phi) is 5.68. The molecule has 0 heterocycles. The fourth-order valence-electron chi connectivity index (χ4n) is 3.89. The summed E-state index contributed by atoms with van der Waals surface area (Å²) in [4.78, 5) is 12.4. The van der Waals surface area contributed by atoms with E-state index in [1.54, 1.807) is 0 Å². The van der Waals surface area contributed by atoms with Gasteiger partial charge < -0.3 is 15.5 Å². The van der Waals surface area contributed by atoms with E-state index in [0.717, 1.165) is 32.1 Å². The second kappa shape index (κ2) is 7.37. The van der Waals surface area contributed by atoms with E-state index < -0.39 is 5.60 Å². The first-order valence-corrected chi connectivity index (χ1v) is 8.87. The molecule has 0 saturated carbocycles. The van der Waals surface area contributed by atoms with Crippen molar-refractivity contribution >= 4 is 12.3 Å². The molecule has 1 aromatic carbocycles. The first-order valence-electron chi connectivity index (χ1n) is 8.87. The predicted molar refractivity (Wildman–Crippen MR) is 97.6 cm³/mol. The molecule has 0 radical (unpaired) electrons. The van der Waals surface area contributed by atoms with Gasteiger partial charge in [0.1, 0.15) is 5.60 Å². The van der Waals surface area contributed by atoms with Crippen molar-refractivity contribution in [1.82, 2.24) is 5.32 Å². The lowest BCUT2D eigenvalue weighted by molar-refractivity contribution is 0.0435. The van der Waals surface area contributed by atoms with E-state index >= 15 is 0 Å². The standard InChI is InChI=1S/C20H30N2O2/c1-5-11-20(12-8-13-21)14-15-9-6-7-10-16(15)17(20)22-18(23)24-19(2,3)4/h6-7,9-10,13,17,21H,5,8,11-12,14H2,1-4H3,(H,22,23)/t17-,20?/m1/s1. The van der Waals surface area contributed by atoms with Crippen LogP contribution in [0.1, 0.15) is 70.5 Å². The van der Waals surface area contributed by atoms with E-state index in [1.165, 1.54) is 17.3 Å². The van der Waals surface area contributed by atoms with Crippen LogP contribution in [0.25, 0.3) is 0 Å². The fraction of sp³-hybridized carbons (Fsp3) is 0.600. The topological polar surface area (TPSA) is 62.2 Å². The Morgan fingerprint density at radius 1 is 1.38 bits per heavy atom. The summed E-state index contributed by atoms with van der Waals surface area (Å²) >= 11 is 0. The van der Waals surface area contributed by atoms with Crippen LogP contribution in [-0.2, 0) is 11.2 Å². The van der Waals surface area contributed by atoms with E-state index in [-0.39, 0.29) is 17.6 Å². The maximum Gasteiger partial charge on any atom is 0.408 e. The van der Waals surface area contributed by atoms with Gasteiger partial charge in [-0.05, 0) is 69.2 Å². The molecule has 4 heteroatoms.